The summed E-state index contributed by atoms with van der Waals surface area (Å²) in [6.07, 6.45) is -5.08. The predicted octanol–water partition coefficient (Wildman–Crippen LogP) is 6.21. The first-order valence-electron chi connectivity index (χ1n) is 14.7. The Kier molecular flexibility index (Phi) is 10.1. The number of benzene rings is 4. The standard InChI is InChI=1S/C35H32F3N3O5/c36-35(37,38)46-26-19-17-25(18-20-26)32(42)31(34(44)45)40-30(24-12-5-2-6-13-24)27-14-7-8-15-28(27)39-33(43)29-16-9-21-41(29)22-23-10-3-1-4-11-23/h1-8,10-15,17-20,29,31-32,42H,9,16,21-22H2,(H,39,43)(H,44,45)/t29-,31-,32+/m0/s1. The largest absolute Gasteiger partial charge is 0.573 e. The summed E-state index contributed by atoms with van der Waals surface area (Å²) in [7, 11) is 0. The van der Waals surface area contributed by atoms with Crippen LogP contribution in [0.3, 0.4) is 0 Å². The third kappa shape index (κ3) is 8.17. The van der Waals surface area contributed by atoms with E-state index >= 15 is 0 Å². The molecule has 0 saturated carbocycles. The molecule has 0 spiro atoms. The highest BCUT2D eigenvalue weighted by Crippen LogP contribution is 2.29. The minimum absolute atomic E-state index is 0.0272. The molecule has 0 aromatic heterocycles. The molecule has 238 valence electrons. The monoisotopic (exact) mass is 631 g/mol. The molecule has 1 heterocycles. The molecular weight excluding hydrogens is 599 g/mol. The number of aliphatic imine (C=N–C) groups is 1. The van der Waals surface area contributed by atoms with Crippen molar-refractivity contribution in [1.82, 2.24) is 4.90 Å². The Balaban J connectivity index is 1.46. The molecule has 11 heteroatoms. The molecule has 1 saturated heterocycles. The van der Waals surface area contributed by atoms with Crippen molar-refractivity contribution >= 4 is 23.3 Å². The number of alkyl halides is 3. The summed E-state index contributed by atoms with van der Waals surface area (Å²) in [5.41, 5.74) is 2.70. The molecule has 0 aliphatic carbocycles. The number of carbonyl (C=O) groups excluding carboxylic acids is 1. The van der Waals surface area contributed by atoms with E-state index in [4.69, 9.17) is 0 Å². The molecule has 4 aromatic carbocycles. The molecule has 3 N–H and O–H groups in total. The van der Waals surface area contributed by atoms with Gasteiger partial charge < -0.3 is 20.3 Å². The Bertz CT molecular complexity index is 1660. The topological polar surface area (TPSA) is 111 Å². The number of nitrogens with zero attached hydrogens (tertiary/aromatic N) is 2. The highest BCUT2D eigenvalue weighted by Gasteiger charge is 2.33. The lowest BCUT2D eigenvalue weighted by atomic mass is 9.98. The zero-order valence-corrected chi connectivity index (χ0v) is 24.6. The first kappa shape index (κ1) is 32.4. The maximum Gasteiger partial charge on any atom is 0.573 e. The second-order valence-corrected chi connectivity index (χ2v) is 10.8. The minimum atomic E-state index is -4.90. The van der Waals surface area contributed by atoms with Crippen LogP contribution in [-0.2, 0) is 16.1 Å². The number of aliphatic hydroxyl groups is 1. The van der Waals surface area contributed by atoms with Crippen molar-refractivity contribution in [3.8, 4) is 5.75 Å². The molecule has 46 heavy (non-hydrogen) atoms. The summed E-state index contributed by atoms with van der Waals surface area (Å²) in [6, 6.07) is 27.7. The number of hydrogen-bond acceptors (Lipinski definition) is 6. The smallest absolute Gasteiger partial charge is 0.480 e. The van der Waals surface area contributed by atoms with Gasteiger partial charge >= 0.3 is 12.3 Å². The van der Waals surface area contributed by atoms with E-state index < -0.39 is 30.2 Å². The Morgan fingerprint density at radius 1 is 0.913 bits per heavy atom. The van der Waals surface area contributed by atoms with Gasteiger partial charge in [-0.05, 0) is 48.7 Å². The van der Waals surface area contributed by atoms with E-state index in [-0.39, 0.29) is 23.2 Å². The lowest BCUT2D eigenvalue weighted by Gasteiger charge is -2.24. The van der Waals surface area contributed by atoms with Gasteiger partial charge in [-0.1, -0.05) is 91.0 Å². The number of halogens is 3. The third-order valence-electron chi connectivity index (χ3n) is 7.66. The number of ether oxygens (including phenoxy) is 1. The highest BCUT2D eigenvalue weighted by molar-refractivity contribution is 6.17. The van der Waals surface area contributed by atoms with E-state index in [2.05, 4.69) is 19.9 Å². The number of anilines is 1. The number of rotatable bonds is 11. The van der Waals surface area contributed by atoms with Gasteiger partial charge in [0, 0.05) is 17.7 Å². The van der Waals surface area contributed by atoms with Crippen LogP contribution in [0.5, 0.6) is 5.75 Å². The first-order chi connectivity index (χ1) is 22.1. The summed E-state index contributed by atoms with van der Waals surface area (Å²) < 4.78 is 41.7. The van der Waals surface area contributed by atoms with Gasteiger partial charge in [-0.3, -0.25) is 14.7 Å². The average Bonchev–Trinajstić information content (AvgIpc) is 3.50. The van der Waals surface area contributed by atoms with Gasteiger partial charge in [0.05, 0.1) is 17.4 Å². The predicted molar refractivity (Wildman–Crippen MR) is 167 cm³/mol. The van der Waals surface area contributed by atoms with Crippen LogP contribution in [0.1, 0.15) is 41.2 Å². The minimum Gasteiger partial charge on any atom is -0.480 e. The van der Waals surface area contributed by atoms with E-state index in [9.17, 15) is 33.0 Å². The van der Waals surface area contributed by atoms with Gasteiger partial charge in [0.2, 0.25) is 5.91 Å². The van der Waals surface area contributed by atoms with Crippen molar-refractivity contribution in [3.05, 3.63) is 131 Å². The quantitative estimate of drug-likeness (QED) is 0.170. The number of nitrogens with one attached hydrogen (secondary N) is 1. The zero-order valence-electron chi connectivity index (χ0n) is 24.6. The van der Waals surface area contributed by atoms with E-state index in [1.54, 1.807) is 54.6 Å². The summed E-state index contributed by atoms with van der Waals surface area (Å²) >= 11 is 0. The summed E-state index contributed by atoms with van der Waals surface area (Å²) in [5.74, 6) is -2.18. The number of para-hydroxylation sites is 1. The Hall–Kier alpha value is -5.00. The average molecular weight is 632 g/mol. The number of aliphatic hydroxyl groups excluding tert-OH is 1. The number of amides is 1. The molecule has 0 radical (unpaired) electrons. The van der Waals surface area contributed by atoms with Crippen LogP contribution >= 0.6 is 0 Å². The molecule has 8 nitrogen and oxygen atoms in total. The van der Waals surface area contributed by atoms with E-state index in [1.165, 1.54) is 0 Å². The second-order valence-electron chi connectivity index (χ2n) is 10.8. The molecule has 1 amide bonds. The van der Waals surface area contributed by atoms with Crippen LogP contribution in [0, 0.1) is 0 Å². The SMILES string of the molecule is O=C(O)[C@@H](N=C(c1ccccc1)c1ccccc1NC(=O)[C@@H]1CCCN1Cc1ccccc1)[C@H](O)c1ccc(OC(F)(F)F)cc1. The van der Waals surface area contributed by atoms with E-state index in [0.29, 0.717) is 29.8 Å². The van der Waals surface area contributed by atoms with Gasteiger partial charge in [0.1, 0.15) is 11.9 Å². The fraction of sp³-hybridized carbons (Fsp3) is 0.229. The van der Waals surface area contributed by atoms with Crippen LogP contribution in [-0.4, -0.2) is 57.7 Å². The van der Waals surface area contributed by atoms with Crippen LogP contribution in [0.15, 0.2) is 114 Å². The van der Waals surface area contributed by atoms with Crippen molar-refractivity contribution in [2.24, 2.45) is 4.99 Å². The number of carbonyl (C=O) groups is 2. The Labute approximate surface area is 263 Å². The number of hydrogen-bond donors (Lipinski definition) is 3. The molecule has 3 atom stereocenters. The summed E-state index contributed by atoms with van der Waals surface area (Å²) in [6.45, 7) is 1.39. The normalized spacial score (nSPS) is 16.9. The zero-order chi connectivity index (χ0) is 32.7. The van der Waals surface area contributed by atoms with Crippen LogP contribution < -0.4 is 10.1 Å². The summed E-state index contributed by atoms with van der Waals surface area (Å²) in [4.78, 5) is 32.8. The number of carboxylic acids is 1. The molecule has 5 rings (SSSR count). The van der Waals surface area contributed by atoms with Crippen molar-refractivity contribution < 1.29 is 37.7 Å². The van der Waals surface area contributed by atoms with Crippen molar-refractivity contribution in [2.75, 3.05) is 11.9 Å². The third-order valence-corrected chi connectivity index (χ3v) is 7.66. The second kappa shape index (κ2) is 14.4. The first-order valence-corrected chi connectivity index (χ1v) is 14.7. The van der Waals surface area contributed by atoms with Gasteiger partial charge in [-0.2, -0.15) is 0 Å². The van der Waals surface area contributed by atoms with Crippen molar-refractivity contribution in [1.29, 1.82) is 0 Å². The van der Waals surface area contributed by atoms with Gasteiger partial charge in [-0.25, -0.2) is 4.79 Å². The van der Waals surface area contributed by atoms with Crippen LogP contribution in [0.25, 0.3) is 0 Å². The molecule has 4 aromatic rings. The van der Waals surface area contributed by atoms with Gasteiger partial charge in [0.25, 0.3) is 0 Å². The number of aliphatic carboxylic acids is 1. The maximum atomic E-state index is 13.7. The Morgan fingerprint density at radius 3 is 2.20 bits per heavy atom. The number of likely N-dealkylation sites (tertiary alicyclic amines) is 1. The molecule has 0 bridgehead atoms. The lowest BCUT2D eigenvalue weighted by molar-refractivity contribution is -0.274. The van der Waals surface area contributed by atoms with Crippen LogP contribution in [0.4, 0.5) is 18.9 Å². The molecule has 0 unspecified atom stereocenters. The number of carboxylic acid groups (broad SMARTS) is 1. The fourth-order valence-electron chi connectivity index (χ4n) is 5.49. The maximum absolute atomic E-state index is 13.7. The molecule has 1 aliphatic rings. The molecular formula is C35H32F3N3O5. The fourth-order valence-corrected chi connectivity index (χ4v) is 5.49. The summed E-state index contributed by atoms with van der Waals surface area (Å²) in [5, 5.41) is 24.3. The highest BCUT2D eigenvalue weighted by atomic mass is 19.4. The van der Waals surface area contributed by atoms with Crippen molar-refractivity contribution in [2.45, 2.75) is 43.9 Å². The lowest BCUT2D eigenvalue weighted by Crippen LogP contribution is -2.39. The van der Waals surface area contributed by atoms with E-state index in [1.807, 2.05) is 30.3 Å². The van der Waals surface area contributed by atoms with E-state index in [0.717, 1.165) is 42.8 Å². The van der Waals surface area contributed by atoms with Gasteiger partial charge in [-0.15, -0.1) is 13.2 Å². The van der Waals surface area contributed by atoms with Crippen LogP contribution in [0.2, 0.25) is 0 Å². The Morgan fingerprint density at radius 2 is 1.54 bits per heavy atom. The molecule has 1 fully saturated rings. The molecule has 1 aliphatic heterocycles. The van der Waals surface area contributed by atoms with Crippen molar-refractivity contribution in [3.63, 3.8) is 0 Å². The van der Waals surface area contributed by atoms with Gasteiger partial charge in [0.15, 0.2) is 6.04 Å².